The molecule has 0 atom stereocenters. The van der Waals surface area contributed by atoms with Crippen LogP contribution in [0.1, 0.15) is 11.1 Å². The van der Waals surface area contributed by atoms with Gasteiger partial charge in [-0.15, -0.1) is 0 Å². The summed E-state index contributed by atoms with van der Waals surface area (Å²) in [6.45, 7) is 4.29. The first-order valence-corrected chi connectivity index (χ1v) is 5.37. The number of rotatable bonds is 4. The Morgan fingerprint density at radius 1 is 1.00 bits per heavy atom. The van der Waals surface area contributed by atoms with Crippen LogP contribution in [0, 0.1) is 5.82 Å². The lowest BCUT2D eigenvalue weighted by atomic mass is 10.2. The maximum atomic E-state index is 12.7. The lowest BCUT2D eigenvalue weighted by Gasteiger charge is -2.09. The fourth-order valence-corrected chi connectivity index (χ4v) is 1.46. The highest BCUT2D eigenvalue weighted by atomic mass is 19.1. The van der Waals surface area contributed by atoms with Gasteiger partial charge in [-0.1, -0.05) is 36.9 Å². The van der Waals surface area contributed by atoms with Gasteiger partial charge in [0.2, 0.25) is 0 Å². The summed E-state index contributed by atoms with van der Waals surface area (Å²) in [6.07, 6.45) is 0. The predicted molar refractivity (Wildman–Crippen MR) is 66.7 cm³/mol. The Bertz CT molecular complexity index is 488. The molecule has 0 aliphatic carbocycles. The highest BCUT2D eigenvalue weighted by Gasteiger charge is 2.00. The largest absolute Gasteiger partial charge is 0.489 e. The molecule has 0 bridgehead atoms. The van der Waals surface area contributed by atoms with E-state index in [1.165, 1.54) is 12.1 Å². The third-order valence-corrected chi connectivity index (χ3v) is 2.42. The van der Waals surface area contributed by atoms with Crippen molar-refractivity contribution in [1.82, 2.24) is 0 Å². The van der Waals surface area contributed by atoms with E-state index in [0.717, 1.165) is 11.1 Å². The molecule has 0 saturated carbocycles. The van der Waals surface area contributed by atoms with E-state index >= 15 is 0 Å². The molecular formula is C15H13FO. The Morgan fingerprint density at radius 2 is 1.65 bits per heavy atom. The van der Waals surface area contributed by atoms with Gasteiger partial charge in [-0.3, -0.25) is 0 Å². The predicted octanol–water partition coefficient (Wildman–Crippen LogP) is 4.01. The number of halogens is 1. The second kappa shape index (κ2) is 5.30. The highest BCUT2D eigenvalue weighted by molar-refractivity contribution is 5.57. The second-order valence-corrected chi connectivity index (χ2v) is 3.70. The van der Waals surface area contributed by atoms with Crippen LogP contribution in [0.25, 0.3) is 5.76 Å². The van der Waals surface area contributed by atoms with Crippen LogP contribution in [0.3, 0.4) is 0 Å². The van der Waals surface area contributed by atoms with Gasteiger partial charge in [0.25, 0.3) is 0 Å². The minimum absolute atomic E-state index is 0.260. The van der Waals surface area contributed by atoms with Crippen molar-refractivity contribution in [2.24, 2.45) is 0 Å². The molecule has 0 aliphatic rings. The van der Waals surface area contributed by atoms with E-state index in [0.29, 0.717) is 12.4 Å². The fraction of sp³-hybridized carbons (Fsp3) is 0.0667. The third kappa shape index (κ3) is 3.18. The molecule has 0 aromatic heterocycles. The first kappa shape index (κ1) is 11.4. The summed E-state index contributed by atoms with van der Waals surface area (Å²) < 4.78 is 18.3. The van der Waals surface area contributed by atoms with Crippen molar-refractivity contribution < 1.29 is 9.13 Å². The molecule has 0 spiro atoms. The smallest absolute Gasteiger partial charge is 0.123 e. The molecule has 17 heavy (non-hydrogen) atoms. The average Bonchev–Trinajstić information content (AvgIpc) is 2.38. The Morgan fingerprint density at radius 3 is 2.29 bits per heavy atom. The minimum Gasteiger partial charge on any atom is -0.489 e. The molecule has 0 fully saturated rings. The molecule has 2 aromatic rings. The quantitative estimate of drug-likeness (QED) is 0.718. The summed E-state index contributed by atoms with van der Waals surface area (Å²) in [7, 11) is 0. The van der Waals surface area contributed by atoms with Gasteiger partial charge in [-0.2, -0.15) is 0 Å². The summed E-state index contributed by atoms with van der Waals surface area (Å²) >= 11 is 0. The topological polar surface area (TPSA) is 9.23 Å². The van der Waals surface area contributed by atoms with E-state index in [4.69, 9.17) is 4.74 Å². The lowest BCUT2D eigenvalue weighted by Crippen LogP contribution is -1.92. The van der Waals surface area contributed by atoms with Crippen LogP contribution in [0.4, 0.5) is 4.39 Å². The third-order valence-electron chi connectivity index (χ3n) is 2.42. The van der Waals surface area contributed by atoms with Crippen LogP contribution in [0.5, 0.6) is 0 Å². The van der Waals surface area contributed by atoms with Gasteiger partial charge in [0, 0.05) is 5.56 Å². The summed E-state index contributed by atoms with van der Waals surface area (Å²) in [6, 6.07) is 15.9. The van der Waals surface area contributed by atoms with Crippen LogP contribution in [0.15, 0.2) is 61.2 Å². The summed E-state index contributed by atoms with van der Waals surface area (Å²) in [4.78, 5) is 0. The number of hydrogen-bond donors (Lipinski definition) is 0. The van der Waals surface area contributed by atoms with E-state index in [2.05, 4.69) is 6.58 Å². The van der Waals surface area contributed by atoms with Gasteiger partial charge in [0.1, 0.15) is 18.2 Å². The SMILES string of the molecule is C=C(OCc1ccccc1)c1ccc(F)cc1. The van der Waals surface area contributed by atoms with E-state index in [1.807, 2.05) is 30.3 Å². The zero-order valence-corrected chi connectivity index (χ0v) is 9.40. The van der Waals surface area contributed by atoms with Crippen molar-refractivity contribution in [3.8, 4) is 0 Å². The van der Waals surface area contributed by atoms with Crippen LogP contribution >= 0.6 is 0 Å². The summed E-state index contributed by atoms with van der Waals surface area (Å²) in [5.74, 6) is 0.290. The molecule has 0 aliphatic heterocycles. The van der Waals surface area contributed by atoms with Crippen molar-refractivity contribution in [2.75, 3.05) is 0 Å². The standard InChI is InChI=1S/C15H13FO/c1-12(14-7-9-15(16)10-8-14)17-11-13-5-3-2-4-6-13/h2-10H,1,11H2. The molecule has 1 nitrogen and oxygen atoms in total. The van der Waals surface area contributed by atoms with Gasteiger partial charge in [-0.05, 0) is 29.8 Å². The molecule has 0 heterocycles. The van der Waals surface area contributed by atoms with Crippen molar-refractivity contribution in [3.63, 3.8) is 0 Å². The molecule has 2 heteroatoms. The van der Waals surface area contributed by atoms with Crippen LogP contribution in [-0.4, -0.2) is 0 Å². The lowest BCUT2D eigenvalue weighted by molar-refractivity contribution is 0.265. The van der Waals surface area contributed by atoms with Crippen molar-refractivity contribution in [2.45, 2.75) is 6.61 Å². The van der Waals surface area contributed by atoms with Crippen molar-refractivity contribution >= 4 is 5.76 Å². The monoisotopic (exact) mass is 228 g/mol. The van der Waals surface area contributed by atoms with Gasteiger partial charge in [0.15, 0.2) is 0 Å². The number of benzene rings is 2. The Labute approximate surface area is 100 Å². The average molecular weight is 228 g/mol. The van der Waals surface area contributed by atoms with E-state index < -0.39 is 0 Å². The number of ether oxygens (including phenoxy) is 1. The Balaban J connectivity index is 1.96. The highest BCUT2D eigenvalue weighted by Crippen LogP contribution is 2.16. The molecule has 86 valence electrons. The van der Waals surface area contributed by atoms with E-state index in [9.17, 15) is 4.39 Å². The van der Waals surface area contributed by atoms with Crippen LogP contribution in [0.2, 0.25) is 0 Å². The summed E-state index contributed by atoms with van der Waals surface area (Å²) in [5.41, 5.74) is 1.87. The van der Waals surface area contributed by atoms with Crippen molar-refractivity contribution in [3.05, 3.63) is 78.1 Å². The van der Waals surface area contributed by atoms with Gasteiger partial charge >= 0.3 is 0 Å². The Kier molecular flexibility index (Phi) is 3.55. The molecule has 0 radical (unpaired) electrons. The molecule has 0 amide bonds. The maximum absolute atomic E-state index is 12.7. The molecular weight excluding hydrogens is 215 g/mol. The first-order valence-electron chi connectivity index (χ1n) is 5.37. The van der Waals surface area contributed by atoms with Crippen LogP contribution in [-0.2, 0) is 11.3 Å². The molecule has 0 N–H and O–H groups in total. The molecule has 2 rings (SSSR count). The summed E-state index contributed by atoms with van der Waals surface area (Å²) in [5, 5.41) is 0. The van der Waals surface area contributed by atoms with Gasteiger partial charge in [0.05, 0.1) is 0 Å². The minimum atomic E-state index is -0.260. The second-order valence-electron chi connectivity index (χ2n) is 3.70. The van der Waals surface area contributed by atoms with Crippen molar-refractivity contribution in [1.29, 1.82) is 0 Å². The molecule has 2 aromatic carbocycles. The van der Waals surface area contributed by atoms with Gasteiger partial charge in [-0.25, -0.2) is 4.39 Å². The van der Waals surface area contributed by atoms with Crippen LogP contribution < -0.4 is 0 Å². The normalized spacial score (nSPS) is 9.94. The zero-order valence-electron chi connectivity index (χ0n) is 9.40. The molecule has 0 unspecified atom stereocenters. The van der Waals surface area contributed by atoms with Gasteiger partial charge < -0.3 is 4.74 Å². The first-order chi connectivity index (χ1) is 8.25. The fourth-order valence-electron chi connectivity index (χ4n) is 1.46. The Hall–Kier alpha value is -2.09. The zero-order chi connectivity index (χ0) is 12.1. The molecule has 0 saturated heterocycles. The van der Waals surface area contributed by atoms with E-state index in [1.54, 1.807) is 12.1 Å². The maximum Gasteiger partial charge on any atom is 0.123 e. The van der Waals surface area contributed by atoms with E-state index in [-0.39, 0.29) is 5.82 Å². The number of hydrogen-bond acceptors (Lipinski definition) is 1.